The monoisotopic (exact) mass is 558 g/mol. The lowest BCUT2D eigenvalue weighted by atomic mass is 9.97. The topological polar surface area (TPSA) is 90.1 Å². The molecule has 8 nitrogen and oxygen atoms in total. The van der Waals surface area contributed by atoms with Gasteiger partial charge in [0.1, 0.15) is 11.6 Å². The van der Waals surface area contributed by atoms with Gasteiger partial charge < -0.3 is 9.13 Å². The molecule has 0 aliphatic rings. The largest absolute Gasteiger partial charge is 0.331 e. The summed E-state index contributed by atoms with van der Waals surface area (Å²) in [4.78, 5) is 10.3. The van der Waals surface area contributed by atoms with E-state index in [1.807, 2.05) is 6.07 Å². The Hall–Kier alpha value is -4.59. The summed E-state index contributed by atoms with van der Waals surface area (Å²) >= 11 is 0. The van der Waals surface area contributed by atoms with E-state index in [2.05, 4.69) is 126 Å². The standard InChI is InChI=1S/C34H38N8/c1-7-11-31-36-32-22(4)17-26(34-35-29(16-21(2)3)23(5)41(34)6)19-30(32)42(31)20-24-14-15-27(25-12-9-8-10-13-25)28(18-24)33-37-39-40-38-33/h8-10,12-15,17-19,21H,7,11,16,20H2,1-6H3,(H,37,38,39,40). The minimum absolute atomic E-state index is 0.555. The fraction of sp³-hybridized carbons (Fsp3) is 0.324. The lowest BCUT2D eigenvalue weighted by molar-refractivity contribution is 0.633. The highest BCUT2D eigenvalue weighted by atomic mass is 15.5. The highest BCUT2D eigenvalue weighted by molar-refractivity contribution is 5.85. The second kappa shape index (κ2) is 11.4. The highest BCUT2D eigenvalue weighted by Gasteiger charge is 2.19. The second-order valence-electron chi connectivity index (χ2n) is 11.6. The molecule has 0 amide bonds. The van der Waals surface area contributed by atoms with Gasteiger partial charge in [0, 0.05) is 36.8 Å². The minimum Gasteiger partial charge on any atom is -0.331 e. The van der Waals surface area contributed by atoms with Crippen LogP contribution in [0.4, 0.5) is 0 Å². The van der Waals surface area contributed by atoms with Crippen molar-refractivity contribution in [3.63, 3.8) is 0 Å². The van der Waals surface area contributed by atoms with Gasteiger partial charge in [-0.2, -0.15) is 0 Å². The number of fused-ring (bicyclic) bond motifs is 1. The summed E-state index contributed by atoms with van der Waals surface area (Å²) in [5, 5.41) is 14.9. The number of nitrogens with zero attached hydrogens (tertiary/aromatic N) is 7. The van der Waals surface area contributed by atoms with Crippen LogP contribution in [-0.2, 0) is 26.4 Å². The molecule has 0 aliphatic carbocycles. The van der Waals surface area contributed by atoms with Gasteiger partial charge in [-0.1, -0.05) is 63.2 Å². The van der Waals surface area contributed by atoms with E-state index in [4.69, 9.17) is 9.97 Å². The number of tetrazole rings is 1. The molecule has 0 atom stereocenters. The van der Waals surface area contributed by atoms with E-state index in [0.29, 0.717) is 18.3 Å². The van der Waals surface area contributed by atoms with Crippen LogP contribution in [0.2, 0.25) is 0 Å². The zero-order valence-electron chi connectivity index (χ0n) is 25.3. The summed E-state index contributed by atoms with van der Waals surface area (Å²) in [7, 11) is 2.12. The molecule has 8 heteroatoms. The zero-order valence-corrected chi connectivity index (χ0v) is 25.3. The van der Waals surface area contributed by atoms with Gasteiger partial charge in [0.15, 0.2) is 5.82 Å². The first-order chi connectivity index (χ1) is 20.3. The van der Waals surface area contributed by atoms with E-state index in [0.717, 1.165) is 75.3 Å². The Morgan fingerprint density at radius 3 is 2.43 bits per heavy atom. The SMILES string of the molecule is CCCc1nc2c(C)cc(-c3nc(CC(C)C)c(C)n3C)cc2n1Cc1ccc(-c2ccccc2)c(-c2nnn[nH]2)c1. The van der Waals surface area contributed by atoms with Crippen LogP contribution in [0.5, 0.6) is 0 Å². The van der Waals surface area contributed by atoms with Gasteiger partial charge in [-0.3, -0.25) is 0 Å². The maximum atomic E-state index is 5.15. The lowest BCUT2D eigenvalue weighted by Crippen LogP contribution is -2.06. The van der Waals surface area contributed by atoms with E-state index >= 15 is 0 Å². The van der Waals surface area contributed by atoms with Crippen molar-refractivity contribution in [2.45, 2.75) is 60.4 Å². The van der Waals surface area contributed by atoms with Crippen LogP contribution >= 0.6 is 0 Å². The van der Waals surface area contributed by atoms with Crippen molar-refractivity contribution in [1.82, 2.24) is 39.7 Å². The zero-order chi connectivity index (χ0) is 29.4. The predicted octanol–water partition coefficient (Wildman–Crippen LogP) is 7.10. The molecular weight excluding hydrogens is 520 g/mol. The number of aromatic nitrogens is 8. The number of hydrogen-bond donors (Lipinski definition) is 1. The van der Waals surface area contributed by atoms with Gasteiger partial charge in [-0.15, -0.1) is 5.10 Å². The second-order valence-corrected chi connectivity index (χ2v) is 11.6. The van der Waals surface area contributed by atoms with E-state index in [1.54, 1.807) is 0 Å². The third kappa shape index (κ3) is 5.13. The van der Waals surface area contributed by atoms with Crippen LogP contribution in [0.15, 0.2) is 60.7 Å². The van der Waals surface area contributed by atoms with Crippen molar-refractivity contribution in [3.05, 3.63) is 89.0 Å². The smallest absolute Gasteiger partial charge is 0.180 e. The van der Waals surface area contributed by atoms with Gasteiger partial charge >= 0.3 is 0 Å². The summed E-state index contributed by atoms with van der Waals surface area (Å²) in [5.74, 6) is 3.31. The van der Waals surface area contributed by atoms with Crippen LogP contribution in [-0.4, -0.2) is 39.7 Å². The quantitative estimate of drug-likeness (QED) is 0.204. The van der Waals surface area contributed by atoms with Gasteiger partial charge in [-0.25, -0.2) is 15.1 Å². The number of hydrogen-bond acceptors (Lipinski definition) is 5. The number of aryl methyl sites for hydroxylation is 2. The fourth-order valence-corrected chi connectivity index (χ4v) is 5.85. The molecule has 0 unspecified atom stereocenters. The molecule has 6 aromatic rings. The predicted molar refractivity (Wildman–Crippen MR) is 168 cm³/mol. The van der Waals surface area contributed by atoms with E-state index in [-0.39, 0.29) is 0 Å². The van der Waals surface area contributed by atoms with Crippen LogP contribution in [0.3, 0.4) is 0 Å². The van der Waals surface area contributed by atoms with Crippen molar-refractivity contribution in [3.8, 4) is 33.9 Å². The first-order valence-corrected chi connectivity index (χ1v) is 14.8. The van der Waals surface area contributed by atoms with Gasteiger partial charge in [-0.05, 0) is 83.5 Å². The molecule has 0 bridgehead atoms. The Kier molecular flexibility index (Phi) is 7.45. The molecule has 0 saturated carbocycles. The van der Waals surface area contributed by atoms with Crippen LogP contribution in [0, 0.1) is 19.8 Å². The highest BCUT2D eigenvalue weighted by Crippen LogP contribution is 2.33. The van der Waals surface area contributed by atoms with Crippen molar-refractivity contribution in [1.29, 1.82) is 0 Å². The molecule has 0 fully saturated rings. The van der Waals surface area contributed by atoms with E-state index in [9.17, 15) is 0 Å². The maximum absolute atomic E-state index is 5.15. The number of rotatable bonds is 9. The maximum Gasteiger partial charge on any atom is 0.180 e. The molecule has 3 aromatic heterocycles. The Bertz CT molecular complexity index is 1840. The van der Waals surface area contributed by atoms with Gasteiger partial charge in [0.2, 0.25) is 0 Å². The average Bonchev–Trinajstić information content (AvgIpc) is 3.70. The molecule has 214 valence electrons. The number of H-pyrrole nitrogens is 1. The van der Waals surface area contributed by atoms with Crippen molar-refractivity contribution < 1.29 is 0 Å². The number of aromatic amines is 1. The van der Waals surface area contributed by atoms with E-state index < -0.39 is 0 Å². The average molecular weight is 559 g/mol. The Labute approximate surface area is 246 Å². The summed E-state index contributed by atoms with van der Waals surface area (Å²) in [6.07, 6.45) is 2.90. The third-order valence-corrected chi connectivity index (χ3v) is 8.05. The Morgan fingerprint density at radius 2 is 1.71 bits per heavy atom. The lowest BCUT2D eigenvalue weighted by Gasteiger charge is -2.14. The number of imidazole rings is 2. The fourth-order valence-electron chi connectivity index (χ4n) is 5.85. The molecule has 0 saturated heterocycles. The molecule has 0 radical (unpaired) electrons. The first-order valence-electron chi connectivity index (χ1n) is 14.8. The van der Waals surface area contributed by atoms with Crippen LogP contribution in [0.1, 0.15) is 55.5 Å². The summed E-state index contributed by atoms with van der Waals surface area (Å²) in [6, 6.07) is 21.4. The van der Waals surface area contributed by atoms with Crippen molar-refractivity contribution in [2.24, 2.45) is 13.0 Å². The molecular formula is C34H38N8. The van der Waals surface area contributed by atoms with Crippen LogP contribution < -0.4 is 0 Å². The molecule has 0 spiro atoms. The summed E-state index contributed by atoms with van der Waals surface area (Å²) in [6.45, 7) is 11.7. The van der Waals surface area contributed by atoms with Gasteiger partial charge in [0.05, 0.1) is 16.7 Å². The normalized spacial score (nSPS) is 11.7. The molecule has 1 N–H and O–H groups in total. The summed E-state index contributed by atoms with van der Waals surface area (Å²) in [5.41, 5.74) is 11.2. The molecule has 6 rings (SSSR count). The first kappa shape index (κ1) is 27.6. The van der Waals surface area contributed by atoms with Crippen LogP contribution in [0.25, 0.3) is 44.9 Å². The number of nitrogens with one attached hydrogen (secondary N) is 1. The molecule has 3 heterocycles. The Morgan fingerprint density at radius 1 is 0.905 bits per heavy atom. The molecule has 0 aliphatic heterocycles. The van der Waals surface area contributed by atoms with Gasteiger partial charge in [0.25, 0.3) is 0 Å². The minimum atomic E-state index is 0.555. The van der Waals surface area contributed by atoms with Crippen molar-refractivity contribution in [2.75, 3.05) is 0 Å². The molecule has 3 aromatic carbocycles. The van der Waals surface area contributed by atoms with E-state index in [1.165, 1.54) is 11.4 Å². The molecule has 42 heavy (non-hydrogen) atoms. The third-order valence-electron chi connectivity index (χ3n) is 8.05. The Balaban J connectivity index is 1.47. The van der Waals surface area contributed by atoms with Crippen molar-refractivity contribution >= 4 is 11.0 Å². The summed E-state index contributed by atoms with van der Waals surface area (Å²) < 4.78 is 4.60. The number of benzene rings is 3.